The lowest BCUT2D eigenvalue weighted by molar-refractivity contribution is -0.138. The van der Waals surface area contributed by atoms with Crippen LogP contribution in [-0.4, -0.2) is 54.1 Å². The minimum absolute atomic E-state index is 0.0304. The second-order valence-corrected chi connectivity index (χ2v) is 6.06. The minimum atomic E-state index is -0.945. The molecule has 0 aromatic rings. The molecular formula is C14H25N3O4. The lowest BCUT2D eigenvalue weighted by atomic mass is 9.94. The van der Waals surface area contributed by atoms with E-state index >= 15 is 0 Å². The highest BCUT2D eigenvalue weighted by Crippen LogP contribution is 2.15. The van der Waals surface area contributed by atoms with Crippen molar-refractivity contribution < 1.29 is 19.5 Å². The average molecular weight is 299 g/mol. The molecule has 1 heterocycles. The zero-order valence-corrected chi connectivity index (χ0v) is 12.9. The maximum Gasteiger partial charge on any atom is 0.321 e. The molecule has 1 saturated heterocycles. The molecule has 3 N–H and O–H groups in total. The van der Waals surface area contributed by atoms with Crippen molar-refractivity contribution in [2.75, 3.05) is 20.1 Å². The zero-order chi connectivity index (χ0) is 16.0. The van der Waals surface area contributed by atoms with Crippen molar-refractivity contribution >= 4 is 17.9 Å². The van der Waals surface area contributed by atoms with Crippen molar-refractivity contribution in [1.29, 1.82) is 0 Å². The molecule has 1 rings (SSSR count). The lowest BCUT2D eigenvalue weighted by Gasteiger charge is -2.35. The summed E-state index contributed by atoms with van der Waals surface area (Å²) in [6.07, 6.45) is 0.804. The summed E-state index contributed by atoms with van der Waals surface area (Å²) in [6.45, 7) is 5.56. The topological polar surface area (TPSA) is 98.7 Å². The molecule has 0 aromatic heterocycles. The van der Waals surface area contributed by atoms with Crippen LogP contribution in [0.2, 0.25) is 0 Å². The average Bonchev–Trinajstić information content (AvgIpc) is 2.31. The number of carbonyl (C=O) groups excluding carboxylic acids is 2. The van der Waals surface area contributed by atoms with Crippen molar-refractivity contribution in [2.45, 2.75) is 39.2 Å². The van der Waals surface area contributed by atoms with Gasteiger partial charge < -0.3 is 15.3 Å². The first-order valence-electron chi connectivity index (χ1n) is 7.28. The summed E-state index contributed by atoms with van der Waals surface area (Å²) < 4.78 is 0. The maximum atomic E-state index is 11.8. The Balaban J connectivity index is 2.32. The SMILES string of the molecule is CC(CC(=O)O)CC(=O)NC(=O)NC1CCN(C)CC1C. The van der Waals surface area contributed by atoms with Crippen LogP contribution in [0.1, 0.15) is 33.1 Å². The Labute approximate surface area is 125 Å². The van der Waals surface area contributed by atoms with Crippen LogP contribution >= 0.6 is 0 Å². The number of aliphatic carboxylic acids is 1. The van der Waals surface area contributed by atoms with Gasteiger partial charge in [0.1, 0.15) is 0 Å². The summed E-state index contributed by atoms with van der Waals surface area (Å²) in [6, 6.07) is -0.436. The molecule has 21 heavy (non-hydrogen) atoms. The Morgan fingerprint density at radius 1 is 1.33 bits per heavy atom. The molecule has 1 aliphatic heterocycles. The molecule has 1 fully saturated rings. The Hall–Kier alpha value is -1.63. The quantitative estimate of drug-likeness (QED) is 0.692. The van der Waals surface area contributed by atoms with Crippen LogP contribution in [0, 0.1) is 11.8 Å². The fourth-order valence-electron chi connectivity index (χ4n) is 2.64. The highest BCUT2D eigenvalue weighted by Gasteiger charge is 2.26. The summed E-state index contributed by atoms with van der Waals surface area (Å²) in [5.41, 5.74) is 0. The van der Waals surface area contributed by atoms with Gasteiger partial charge >= 0.3 is 12.0 Å². The third kappa shape index (κ3) is 6.57. The van der Waals surface area contributed by atoms with Gasteiger partial charge in [-0.1, -0.05) is 13.8 Å². The van der Waals surface area contributed by atoms with Gasteiger partial charge in [-0.05, 0) is 31.8 Å². The summed E-state index contributed by atoms with van der Waals surface area (Å²) in [7, 11) is 2.04. The van der Waals surface area contributed by atoms with Gasteiger partial charge in [-0.15, -0.1) is 0 Å². The van der Waals surface area contributed by atoms with Gasteiger partial charge in [-0.2, -0.15) is 0 Å². The Morgan fingerprint density at radius 3 is 2.57 bits per heavy atom. The van der Waals surface area contributed by atoms with E-state index in [0.29, 0.717) is 5.92 Å². The molecule has 7 nitrogen and oxygen atoms in total. The number of carbonyl (C=O) groups is 3. The molecule has 3 atom stereocenters. The third-order valence-electron chi connectivity index (χ3n) is 3.73. The summed E-state index contributed by atoms with van der Waals surface area (Å²) in [5, 5.41) is 13.7. The second kappa shape index (κ2) is 7.97. The van der Waals surface area contributed by atoms with Crippen LogP contribution in [0.3, 0.4) is 0 Å². The molecule has 1 aliphatic rings. The molecule has 7 heteroatoms. The summed E-state index contributed by atoms with van der Waals surface area (Å²) >= 11 is 0. The highest BCUT2D eigenvalue weighted by molar-refractivity contribution is 5.94. The zero-order valence-electron chi connectivity index (χ0n) is 12.9. The number of hydrogen-bond donors (Lipinski definition) is 3. The molecule has 0 bridgehead atoms. The number of likely N-dealkylation sites (tertiary alicyclic amines) is 1. The predicted octanol–water partition coefficient (Wildman–Crippen LogP) is 0.653. The number of urea groups is 1. The predicted molar refractivity (Wildman–Crippen MR) is 77.8 cm³/mol. The van der Waals surface area contributed by atoms with E-state index in [4.69, 9.17) is 5.11 Å². The van der Waals surface area contributed by atoms with Crippen LogP contribution < -0.4 is 10.6 Å². The van der Waals surface area contributed by atoms with Crippen molar-refractivity contribution in [3.05, 3.63) is 0 Å². The lowest BCUT2D eigenvalue weighted by Crippen LogP contribution is -2.52. The van der Waals surface area contributed by atoms with E-state index in [2.05, 4.69) is 22.5 Å². The first-order valence-corrected chi connectivity index (χ1v) is 7.28. The van der Waals surface area contributed by atoms with Crippen molar-refractivity contribution in [1.82, 2.24) is 15.5 Å². The van der Waals surface area contributed by atoms with Gasteiger partial charge in [-0.3, -0.25) is 14.9 Å². The molecule has 3 unspecified atom stereocenters. The number of carboxylic acids is 1. The first-order chi connectivity index (χ1) is 9.77. The number of rotatable bonds is 5. The summed E-state index contributed by atoms with van der Waals surface area (Å²) in [5.74, 6) is -1.35. The number of amides is 3. The van der Waals surface area contributed by atoms with E-state index in [0.717, 1.165) is 19.5 Å². The monoisotopic (exact) mass is 299 g/mol. The standard InChI is InChI=1S/C14H25N3O4/c1-9(7-13(19)20)6-12(18)16-14(21)15-11-4-5-17(3)8-10(11)2/h9-11H,4-8H2,1-3H3,(H,19,20)(H2,15,16,18,21). The number of carboxylic acid groups (broad SMARTS) is 1. The number of nitrogens with one attached hydrogen (secondary N) is 2. The number of imide groups is 1. The van der Waals surface area contributed by atoms with Gasteiger partial charge in [0.15, 0.2) is 0 Å². The van der Waals surface area contributed by atoms with Crippen molar-refractivity contribution in [2.24, 2.45) is 11.8 Å². The molecule has 0 aromatic carbocycles. The third-order valence-corrected chi connectivity index (χ3v) is 3.73. The first kappa shape index (κ1) is 17.4. The van der Waals surface area contributed by atoms with Crippen LogP contribution in [0.15, 0.2) is 0 Å². The fourth-order valence-corrected chi connectivity index (χ4v) is 2.64. The molecule has 0 radical (unpaired) electrons. The van der Waals surface area contributed by atoms with Gasteiger partial charge in [0.2, 0.25) is 5.91 Å². The number of piperidine rings is 1. The normalized spacial score (nSPS) is 24.1. The van der Waals surface area contributed by atoms with Gasteiger partial charge in [-0.25, -0.2) is 4.79 Å². The molecular weight excluding hydrogens is 274 g/mol. The Morgan fingerprint density at radius 2 is 2.00 bits per heavy atom. The van der Waals surface area contributed by atoms with E-state index < -0.39 is 17.9 Å². The van der Waals surface area contributed by atoms with E-state index in [-0.39, 0.29) is 24.8 Å². The molecule has 3 amide bonds. The minimum Gasteiger partial charge on any atom is -0.481 e. The van der Waals surface area contributed by atoms with Crippen molar-refractivity contribution in [3.63, 3.8) is 0 Å². The maximum absolute atomic E-state index is 11.8. The second-order valence-electron chi connectivity index (χ2n) is 6.06. The smallest absolute Gasteiger partial charge is 0.321 e. The van der Waals surface area contributed by atoms with Crippen LogP contribution in [0.25, 0.3) is 0 Å². The highest BCUT2D eigenvalue weighted by atomic mass is 16.4. The van der Waals surface area contributed by atoms with Crippen molar-refractivity contribution in [3.8, 4) is 0 Å². The molecule has 120 valence electrons. The van der Waals surface area contributed by atoms with E-state index in [1.54, 1.807) is 6.92 Å². The van der Waals surface area contributed by atoms with Gasteiger partial charge in [0.25, 0.3) is 0 Å². The van der Waals surface area contributed by atoms with E-state index in [9.17, 15) is 14.4 Å². The number of hydrogen-bond acceptors (Lipinski definition) is 4. The van der Waals surface area contributed by atoms with Gasteiger partial charge in [0.05, 0.1) is 0 Å². The number of nitrogens with zero attached hydrogens (tertiary/aromatic N) is 1. The fraction of sp³-hybridized carbons (Fsp3) is 0.786. The van der Waals surface area contributed by atoms with E-state index in [1.165, 1.54) is 0 Å². The van der Waals surface area contributed by atoms with Gasteiger partial charge in [0, 0.05) is 25.4 Å². The molecule has 0 saturated carbocycles. The van der Waals surface area contributed by atoms with Crippen LogP contribution in [0.4, 0.5) is 4.79 Å². The van der Waals surface area contributed by atoms with Crippen LogP contribution in [0.5, 0.6) is 0 Å². The van der Waals surface area contributed by atoms with Crippen LogP contribution in [-0.2, 0) is 9.59 Å². The summed E-state index contributed by atoms with van der Waals surface area (Å²) in [4.78, 5) is 36.2. The van der Waals surface area contributed by atoms with E-state index in [1.807, 2.05) is 7.05 Å². The Kier molecular flexibility index (Phi) is 6.61. The largest absolute Gasteiger partial charge is 0.481 e. The molecule has 0 spiro atoms. The molecule has 0 aliphatic carbocycles. The Bertz CT molecular complexity index is 400.